The van der Waals surface area contributed by atoms with E-state index in [-0.39, 0.29) is 0 Å². The summed E-state index contributed by atoms with van der Waals surface area (Å²) in [6, 6.07) is 8.89. The molecular formula is C16H27NO. The number of benzene rings is 1. The first-order valence-corrected chi connectivity index (χ1v) is 7.11. The van der Waals surface area contributed by atoms with Crippen molar-refractivity contribution in [3.63, 3.8) is 0 Å². The van der Waals surface area contributed by atoms with Crippen LogP contribution < -0.4 is 10.1 Å². The highest BCUT2D eigenvalue weighted by Crippen LogP contribution is 2.25. The molecule has 0 saturated heterocycles. The Morgan fingerprint density at radius 2 is 2.06 bits per heavy atom. The molecule has 0 aliphatic rings. The summed E-state index contributed by atoms with van der Waals surface area (Å²) < 4.78 is 5.69. The predicted molar refractivity (Wildman–Crippen MR) is 78.1 cm³/mol. The molecule has 0 aliphatic heterocycles. The van der Waals surface area contributed by atoms with Gasteiger partial charge in [0.05, 0.1) is 6.61 Å². The van der Waals surface area contributed by atoms with Crippen LogP contribution in [-0.2, 0) is 0 Å². The standard InChI is InChI=1S/C16H27NO/c1-5-10-18-15-9-7-8-14(12-15)16(17-4)11-13(3)6-2/h7-9,12-13,16-17H,5-6,10-11H2,1-4H3. The van der Waals surface area contributed by atoms with Crippen LogP contribution >= 0.6 is 0 Å². The number of hydrogen-bond acceptors (Lipinski definition) is 2. The molecule has 0 heterocycles. The van der Waals surface area contributed by atoms with Crippen LogP contribution in [0.25, 0.3) is 0 Å². The second kappa shape index (κ2) is 8.15. The van der Waals surface area contributed by atoms with Crippen molar-refractivity contribution in [2.24, 2.45) is 5.92 Å². The number of ether oxygens (including phenoxy) is 1. The molecule has 0 aromatic heterocycles. The lowest BCUT2D eigenvalue weighted by Crippen LogP contribution is -2.19. The minimum Gasteiger partial charge on any atom is -0.494 e. The summed E-state index contributed by atoms with van der Waals surface area (Å²) in [5, 5.41) is 3.41. The topological polar surface area (TPSA) is 21.3 Å². The number of nitrogens with one attached hydrogen (secondary N) is 1. The van der Waals surface area contributed by atoms with Gasteiger partial charge in [-0.1, -0.05) is 39.3 Å². The Bertz CT molecular complexity index is 338. The van der Waals surface area contributed by atoms with E-state index in [9.17, 15) is 0 Å². The van der Waals surface area contributed by atoms with E-state index in [1.807, 2.05) is 13.1 Å². The van der Waals surface area contributed by atoms with Crippen LogP contribution in [-0.4, -0.2) is 13.7 Å². The van der Waals surface area contributed by atoms with Crippen LogP contribution in [0.2, 0.25) is 0 Å². The van der Waals surface area contributed by atoms with Crippen molar-refractivity contribution in [1.82, 2.24) is 5.32 Å². The first-order chi connectivity index (χ1) is 8.71. The van der Waals surface area contributed by atoms with E-state index in [1.54, 1.807) is 0 Å². The van der Waals surface area contributed by atoms with Crippen LogP contribution in [0.5, 0.6) is 5.75 Å². The third-order valence-electron chi connectivity index (χ3n) is 3.42. The summed E-state index contributed by atoms with van der Waals surface area (Å²) in [6.07, 6.45) is 3.45. The van der Waals surface area contributed by atoms with Crippen LogP contribution in [0, 0.1) is 5.92 Å². The normalized spacial score (nSPS) is 14.2. The largest absolute Gasteiger partial charge is 0.494 e. The van der Waals surface area contributed by atoms with Crippen LogP contribution in [0.4, 0.5) is 0 Å². The molecule has 2 heteroatoms. The van der Waals surface area contributed by atoms with Crippen molar-refractivity contribution in [1.29, 1.82) is 0 Å². The second-order valence-corrected chi connectivity index (χ2v) is 5.01. The van der Waals surface area contributed by atoms with Gasteiger partial charge >= 0.3 is 0 Å². The maximum Gasteiger partial charge on any atom is 0.119 e. The van der Waals surface area contributed by atoms with E-state index in [1.165, 1.54) is 18.4 Å². The minimum atomic E-state index is 0.421. The molecule has 18 heavy (non-hydrogen) atoms. The van der Waals surface area contributed by atoms with Crippen LogP contribution in [0.1, 0.15) is 51.6 Å². The molecule has 1 aromatic rings. The van der Waals surface area contributed by atoms with E-state index in [0.29, 0.717) is 6.04 Å². The zero-order valence-corrected chi connectivity index (χ0v) is 12.2. The Kier molecular flexibility index (Phi) is 6.81. The lowest BCUT2D eigenvalue weighted by atomic mass is 9.94. The highest BCUT2D eigenvalue weighted by Gasteiger charge is 2.13. The van der Waals surface area contributed by atoms with E-state index in [2.05, 4.69) is 44.3 Å². The maximum atomic E-state index is 5.69. The van der Waals surface area contributed by atoms with Gasteiger partial charge in [-0.2, -0.15) is 0 Å². The summed E-state index contributed by atoms with van der Waals surface area (Å²) in [5.41, 5.74) is 1.33. The molecule has 0 amide bonds. The van der Waals surface area contributed by atoms with Crippen LogP contribution in [0.15, 0.2) is 24.3 Å². The van der Waals surface area contributed by atoms with Crippen molar-refractivity contribution in [2.45, 2.75) is 46.1 Å². The van der Waals surface area contributed by atoms with Gasteiger partial charge in [0.15, 0.2) is 0 Å². The van der Waals surface area contributed by atoms with Crippen molar-refractivity contribution in [3.8, 4) is 5.75 Å². The molecule has 0 spiro atoms. The monoisotopic (exact) mass is 249 g/mol. The quantitative estimate of drug-likeness (QED) is 0.746. The zero-order valence-electron chi connectivity index (χ0n) is 12.2. The molecular weight excluding hydrogens is 222 g/mol. The summed E-state index contributed by atoms with van der Waals surface area (Å²) in [7, 11) is 2.03. The summed E-state index contributed by atoms with van der Waals surface area (Å²) >= 11 is 0. The summed E-state index contributed by atoms with van der Waals surface area (Å²) in [5.74, 6) is 1.72. The third-order valence-corrected chi connectivity index (χ3v) is 3.42. The number of hydrogen-bond donors (Lipinski definition) is 1. The zero-order chi connectivity index (χ0) is 13.4. The molecule has 0 fully saturated rings. The Morgan fingerprint density at radius 1 is 1.28 bits per heavy atom. The molecule has 0 bridgehead atoms. The first kappa shape index (κ1) is 15.0. The smallest absolute Gasteiger partial charge is 0.119 e. The fraction of sp³-hybridized carbons (Fsp3) is 0.625. The van der Waals surface area contributed by atoms with Crippen molar-refractivity contribution in [2.75, 3.05) is 13.7 Å². The molecule has 1 aromatic carbocycles. The molecule has 0 aliphatic carbocycles. The van der Waals surface area contributed by atoms with Gasteiger partial charge in [-0.15, -0.1) is 0 Å². The molecule has 0 saturated carbocycles. The molecule has 0 radical (unpaired) electrons. The predicted octanol–water partition coefficient (Wildman–Crippen LogP) is 4.17. The van der Waals surface area contributed by atoms with Gasteiger partial charge in [0.1, 0.15) is 5.75 Å². The Morgan fingerprint density at radius 3 is 2.67 bits per heavy atom. The molecule has 2 nitrogen and oxygen atoms in total. The second-order valence-electron chi connectivity index (χ2n) is 5.01. The van der Waals surface area contributed by atoms with Crippen molar-refractivity contribution < 1.29 is 4.74 Å². The fourth-order valence-corrected chi connectivity index (χ4v) is 2.03. The van der Waals surface area contributed by atoms with Crippen molar-refractivity contribution >= 4 is 0 Å². The van der Waals surface area contributed by atoms with E-state index in [0.717, 1.165) is 24.7 Å². The van der Waals surface area contributed by atoms with Gasteiger partial charge in [-0.05, 0) is 43.5 Å². The molecule has 102 valence electrons. The maximum absolute atomic E-state index is 5.69. The first-order valence-electron chi connectivity index (χ1n) is 7.11. The highest BCUT2D eigenvalue weighted by molar-refractivity contribution is 5.30. The Labute approximate surface area is 112 Å². The van der Waals surface area contributed by atoms with E-state index < -0.39 is 0 Å². The van der Waals surface area contributed by atoms with Gasteiger partial charge in [0.25, 0.3) is 0 Å². The average molecular weight is 249 g/mol. The van der Waals surface area contributed by atoms with Gasteiger partial charge in [0, 0.05) is 6.04 Å². The average Bonchev–Trinajstić information content (AvgIpc) is 2.42. The highest BCUT2D eigenvalue weighted by atomic mass is 16.5. The van der Waals surface area contributed by atoms with Gasteiger partial charge in [-0.3, -0.25) is 0 Å². The molecule has 1 N–H and O–H groups in total. The SMILES string of the molecule is CCCOc1cccc(C(CC(C)CC)NC)c1. The summed E-state index contributed by atoms with van der Waals surface area (Å²) in [6.45, 7) is 7.47. The van der Waals surface area contributed by atoms with Crippen LogP contribution in [0.3, 0.4) is 0 Å². The van der Waals surface area contributed by atoms with E-state index in [4.69, 9.17) is 4.74 Å². The molecule has 1 rings (SSSR count). The Hall–Kier alpha value is -1.02. The van der Waals surface area contributed by atoms with Crippen molar-refractivity contribution in [3.05, 3.63) is 29.8 Å². The molecule has 2 atom stereocenters. The third kappa shape index (κ3) is 4.69. The van der Waals surface area contributed by atoms with E-state index >= 15 is 0 Å². The van der Waals surface area contributed by atoms with Gasteiger partial charge < -0.3 is 10.1 Å². The lowest BCUT2D eigenvalue weighted by molar-refractivity contribution is 0.316. The summed E-state index contributed by atoms with van der Waals surface area (Å²) in [4.78, 5) is 0. The lowest BCUT2D eigenvalue weighted by Gasteiger charge is -2.20. The number of rotatable bonds is 8. The minimum absolute atomic E-state index is 0.421. The Balaban J connectivity index is 2.72. The molecule has 2 unspecified atom stereocenters. The van der Waals surface area contributed by atoms with Gasteiger partial charge in [0.2, 0.25) is 0 Å². The fourth-order valence-electron chi connectivity index (χ4n) is 2.03. The van der Waals surface area contributed by atoms with Gasteiger partial charge in [-0.25, -0.2) is 0 Å².